The fourth-order valence-electron chi connectivity index (χ4n) is 3.25. The van der Waals surface area contributed by atoms with Gasteiger partial charge in [-0.05, 0) is 6.08 Å². The molecule has 0 saturated carbocycles. The van der Waals surface area contributed by atoms with Crippen molar-refractivity contribution < 1.29 is 21.7 Å². The molecule has 3 aromatic carbocycles. The molecule has 0 N–H and O–H groups in total. The van der Waals surface area contributed by atoms with Crippen molar-refractivity contribution in [1.82, 2.24) is 0 Å². The van der Waals surface area contributed by atoms with Crippen molar-refractivity contribution in [1.29, 1.82) is 0 Å². The van der Waals surface area contributed by atoms with Gasteiger partial charge in [-0.1, -0.05) is 128 Å². The minimum Gasteiger partial charge on any atom is -0.258 e. The van der Waals surface area contributed by atoms with Crippen molar-refractivity contribution in [2.24, 2.45) is 4.74 Å². The number of nitrogens with zero attached hydrogens (tertiary/aromatic N) is 1. The maximum Gasteiger partial charge on any atom is 0.0608 e. The number of hydrogen-bond donors (Lipinski definition) is 0. The van der Waals surface area contributed by atoms with Gasteiger partial charge in [-0.3, -0.25) is 4.74 Å². The van der Waals surface area contributed by atoms with Gasteiger partial charge in [-0.15, -0.1) is 0 Å². The zero-order valence-electron chi connectivity index (χ0n) is 17.1. The molecule has 0 atom stereocenters. The first-order valence-corrected chi connectivity index (χ1v) is 11.4. The van der Waals surface area contributed by atoms with Crippen molar-refractivity contribution in [3.63, 3.8) is 0 Å². The number of rotatable bonds is 5. The number of allylic oxidation sites excluding steroid dienone is 5. The molecule has 0 fully saturated rings. The summed E-state index contributed by atoms with van der Waals surface area (Å²) < 4.78 is 5.43. The van der Waals surface area contributed by atoms with Gasteiger partial charge in [0.25, 0.3) is 0 Å². The van der Waals surface area contributed by atoms with Crippen LogP contribution in [-0.4, -0.2) is 0 Å². The van der Waals surface area contributed by atoms with Crippen LogP contribution in [0.3, 0.4) is 0 Å². The smallest absolute Gasteiger partial charge is 0.0608 e. The molecule has 0 radical (unpaired) electrons. The van der Waals surface area contributed by atoms with Crippen LogP contribution in [0.2, 0.25) is 0 Å². The molecular weight excluding hydrogens is 417 g/mol. The minimum absolute atomic E-state index is 0. The summed E-state index contributed by atoms with van der Waals surface area (Å²) in [6, 6.07) is 32.3. The Balaban J connectivity index is 0.000000591. The van der Waals surface area contributed by atoms with E-state index in [9.17, 15) is 0 Å². The Morgan fingerprint density at radius 3 is 1.37 bits per heavy atom. The van der Waals surface area contributed by atoms with Crippen molar-refractivity contribution in [2.45, 2.75) is 6.42 Å². The SMILES string of the molecule is C1=CCC(N=P(c2ccccc2)(c2ccccc2)c2ccccc2)=C1.C=CC=C.[Ti]. The van der Waals surface area contributed by atoms with E-state index in [1.807, 2.05) is 0 Å². The van der Waals surface area contributed by atoms with Crippen LogP contribution < -0.4 is 15.9 Å². The molecule has 4 rings (SSSR count). The minimum atomic E-state index is -2.09. The van der Waals surface area contributed by atoms with Gasteiger partial charge in [0, 0.05) is 49.7 Å². The number of benzene rings is 3. The fraction of sp³-hybridized carbons (Fsp3) is 0.0370. The third-order valence-electron chi connectivity index (χ3n) is 4.59. The van der Waals surface area contributed by atoms with E-state index in [0.29, 0.717) is 0 Å². The Bertz CT molecular complexity index is 942. The van der Waals surface area contributed by atoms with Crippen LogP contribution in [0.25, 0.3) is 0 Å². The molecule has 0 heterocycles. The van der Waals surface area contributed by atoms with Crippen LogP contribution in [0.5, 0.6) is 0 Å². The molecule has 0 aliphatic heterocycles. The molecule has 0 saturated heterocycles. The fourth-order valence-corrected chi connectivity index (χ4v) is 6.84. The van der Waals surface area contributed by atoms with Crippen molar-refractivity contribution >= 4 is 23.0 Å². The average Bonchev–Trinajstić information content (AvgIpc) is 3.32. The zero-order chi connectivity index (χ0) is 20.4. The zero-order valence-corrected chi connectivity index (χ0v) is 19.5. The Kier molecular flexibility index (Phi) is 9.78. The summed E-state index contributed by atoms with van der Waals surface area (Å²) in [4.78, 5) is 0. The second-order valence-electron chi connectivity index (χ2n) is 6.50. The van der Waals surface area contributed by atoms with Gasteiger partial charge in [0.2, 0.25) is 0 Å². The molecule has 0 unspecified atom stereocenters. The molecule has 30 heavy (non-hydrogen) atoms. The average molecular weight is 443 g/mol. The summed E-state index contributed by atoms with van der Waals surface area (Å²) in [5.41, 5.74) is 1.16. The van der Waals surface area contributed by atoms with Gasteiger partial charge < -0.3 is 0 Å². The molecule has 1 nitrogen and oxygen atoms in total. The van der Waals surface area contributed by atoms with E-state index in [1.54, 1.807) is 12.2 Å². The Hall–Kier alpha value is -2.44. The van der Waals surface area contributed by atoms with E-state index >= 15 is 0 Å². The van der Waals surface area contributed by atoms with Crippen LogP contribution >= 0.6 is 7.05 Å². The Labute approximate surface area is 195 Å². The summed E-state index contributed by atoms with van der Waals surface area (Å²) in [5, 5.41) is 3.88. The first kappa shape index (κ1) is 23.8. The second-order valence-corrected chi connectivity index (χ2v) is 9.52. The topological polar surface area (TPSA) is 12.4 Å². The predicted molar refractivity (Wildman–Crippen MR) is 130 cm³/mol. The normalized spacial score (nSPS) is 11.9. The number of hydrogen-bond acceptors (Lipinski definition) is 1. The molecular formula is C27H26NPTi. The molecule has 0 bridgehead atoms. The molecule has 0 spiro atoms. The molecule has 3 aromatic rings. The van der Waals surface area contributed by atoms with Crippen molar-refractivity contribution in [2.75, 3.05) is 0 Å². The largest absolute Gasteiger partial charge is 0.258 e. The van der Waals surface area contributed by atoms with E-state index in [1.165, 1.54) is 15.9 Å². The van der Waals surface area contributed by atoms with Crippen molar-refractivity contribution in [3.05, 3.63) is 140 Å². The first-order chi connectivity index (χ1) is 14.3. The van der Waals surface area contributed by atoms with Gasteiger partial charge in [-0.25, -0.2) is 0 Å². The molecule has 1 aliphatic rings. The first-order valence-electron chi connectivity index (χ1n) is 9.69. The third-order valence-corrected chi connectivity index (χ3v) is 8.28. The van der Waals surface area contributed by atoms with Gasteiger partial charge in [0.1, 0.15) is 0 Å². The standard InChI is InChI=1S/C23H20NP.C4H6.Ti/c1-4-14-21(15-5-1)25(22-16-6-2-7-17-22,23-18-8-3-9-19-23)24-20-12-10-11-13-20;1-3-4-2;/h1-12,14-19H,13H2;3-4H,1-2H2;. The molecule has 1 aliphatic carbocycles. The van der Waals surface area contributed by atoms with Gasteiger partial charge in [-0.2, -0.15) is 0 Å². The van der Waals surface area contributed by atoms with Gasteiger partial charge in [0.05, 0.1) is 7.05 Å². The molecule has 148 valence electrons. The summed E-state index contributed by atoms with van der Waals surface area (Å²) in [6.45, 7) is 6.72. The van der Waals surface area contributed by atoms with Gasteiger partial charge >= 0.3 is 0 Å². The van der Waals surface area contributed by atoms with E-state index in [2.05, 4.69) is 122 Å². The molecule has 3 heteroatoms. The van der Waals surface area contributed by atoms with E-state index in [0.717, 1.165) is 12.1 Å². The van der Waals surface area contributed by atoms with E-state index in [-0.39, 0.29) is 21.7 Å². The Morgan fingerprint density at radius 1 is 0.667 bits per heavy atom. The van der Waals surface area contributed by atoms with E-state index in [4.69, 9.17) is 4.74 Å². The van der Waals surface area contributed by atoms with Crippen LogP contribution in [0.4, 0.5) is 0 Å². The van der Waals surface area contributed by atoms with Crippen LogP contribution in [0.1, 0.15) is 6.42 Å². The van der Waals surface area contributed by atoms with Crippen LogP contribution in [0.15, 0.2) is 145 Å². The Morgan fingerprint density at radius 2 is 1.07 bits per heavy atom. The second kappa shape index (κ2) is 12.3. The molecule has 0 amide bonds. The van der Waals surface area contributed by atoms with Crippen LogP contribution in [-0.2, 0) is 21.7 Å². The maximum absolute atomic E-state index is 5.43. The maximum atomic E-state index is 5.43. The quantitative estimate of drug-likeness (QED) is 0.247. The summed E-state index contributed by atoms with van der Waals surface area (Å²) in [6.07, 6.45) is 10.6. The summed E-state index contributed by atoms with van der Waals surface area (Å²) in [7, 11) is -2.09. The van der Waals surface area contributed by atoms with E-state index < -0.39 is 7.05 Å². The summed E-state index contributed by atoms with van der Waals surface area (Å²) in [5.74, 6) is 0. The summed E-state index contributed by atoms with van der Waals surface area (Å²) >= 11 is 0. The van der Waals surface area contributed by atoms with Crippen LogP contribution in [0, 0.1) is 0 Å². The molecule has 0 aromatic heterocycles. The van der Waals surface area contributed by atoms with Gasteiger partial charge in [0.15, 0.2) is 0 Å². The van der Waals surface area contributed by atoms with Crippen molar-refractivity contribution in [3.8, 4) is 0 Å². The predicted octanol–water partition coefficient (Wildman–Crippen LogP) is 6.36. The monoisotopic (exact) mass is 443 g/mol. The third kappa shape index (κ3) is 5.58.